The van der Waals surface area contributed by atoms with Gasteiger partial charge < -0.3 is 33.8 Å². The van der Waals surface area contributed by atoms with Crippen molar-refractivity contribution in [2.24, 2.45) is 23.7 Å². The van der Waals surface area contributed by atoms with Crippen LogP contribution in [0.1, 0.15) is 331 Å². The summed E-state index contributed by atoms with van der Waals surface area (Å²) in [6.07, 6.45) is 39.2. The predicted octanol–water partition coefficient (Wildman–Crippen LogP) is 18.9. The molecule has 0 amide bonds. The van der Waals surface area contributed by atoms with Crippen molar-refractivity contribution in [3.8, 4) is 0 Å². The number of ether oxygens (including phenoxy) is 4. The maximum atomic E-state index is 13.0. The molecule has 0 fully saturated rings. The van der Waals surface area contributed by atoms with Gasteiger partial charge in [0.15, 0.2) is 12.2 Å². The molecule has 0 radical (unpaired) electrons. The van der Waals surface area contributed by atoms with Crippen LogP contribution in [0.3, 0.4) is 0 Å². The summed E-state index contributed by atoms with van der Waals surface area (Å²) in [6, 6.07) is 0. The Hall–Kier alpha value is -1.94. The van der Waals surface area contributed by atoms with Crippen LogP contribution in [0.4, 0.5) is 0 Å². The van der Waals surface area contributed by atoms with Crippen LogP contribution in [-0.4, -0.2) is 96.7 Å². The van der Waals surface area contributed by atoms with E-state index in [1.165, 1.54) is 128 Å². The van der Waals surface area contributed by atoms with Gasteiger partial charge in [0.25, 0.3) is 0 Å². The fraction of sp³-hybridized carbons (Fsp3) is 0.941. The monoisotopic (exact) mass is 1280 g/mol. The summed E-state index contributed by atoms with van der Waals surface area (Å²) in [7, 11) is -9.90. The molecule has 0 aliphatic rings. The highest BCUT2D eigenvalue weighted by molar-refractivity contribution is 7.47. The van der Waals surface area contributed by atoms with E-state index < -0.39 is 97.5 Å². The van der Waals surface area contributed by atoms with Crippen LogP contribution in [0.25, 0.3) is 0 Å². The van der Waals surface area contributed by atoms with Crippen molar-refractivity contribution in [2.75, 3.05) is 39.6 Å². The Morgan fingerprint density at radius 2 is 0.552 bits per heavy atom. The lowest BCUT2D eigenvalue weighted by Gasteiger charge is -2.21. The van der Waals surface area contributed by atoms with Crippen LogP contribution in [-0.2, 0) is 65.4 Å². The second-order valence-electron chi connectivity index (χ2n) is 25.8. The number of rotatable bonds is 65. The predicted molar refractivity (Wildman–Crippen MR) is 349 cm³/mol. The quantitative estimate of drug-likeness (QED) is 0.0222. The number of phosphoric ester groups is 2. The molecule has 0 aliphatic heterocycles. The summed E-state index contributed by atoms with van der Waals surface area (Å²) in [6.45, 7) is 14.0. The van der Waals surface area contributed by atoms with Crippen LogP contribution in [0.5, 0.6) is 0 Å². The van der Waals surface area contributed by atoms with Crippen molar-refractivity contribution >= 4 is 39.5 Å². The largest absolute Gasteiger partial charge is 0.472 e. The third-order valence-corrected chi connectivity index (χ3v) is 18.6. The van der Waals surface area contributed by atoms with Gasteiger partial charge >= 0.3 is 39.5 Å². The van der Waals surface area contributed by atoms with Crippen molar-refractivity contribution in [1.29, 1.82) is 0 Å². The molecular weight excluding hydrogens is 1150 g/mol. The summed E-state index contributed by atoms with van der Waals surface area (Å²) < 4.78 is 68.1. The average molecular weight is 1280 g/mol. The van der Waals surface area contributed by atoms with Gasteiger partial charge in [0, 0.05) is 25.7 Å². The molecule has 5 unspecified atom stereocenters. The van der Waals surface area contributed by atoms with Gasteiger partial charge in [-0.15, -0.1) is 0 Å². The molecule has 0 spiro atoms. The average Bonchev–Trinajstić information content (AvgIpc) is 3.50. The molecule has 87 heavy (non-hydrogen) atoms. The van der Waals surface area contributed by atoms with E-state index in [1.807, 2.05) is 0 Å². The summed E-state index contributed by atoms with van der Waals surface area (Å²) in [5.74, 6) is 0.830. The zero-order valence-electron chi connectivity index (χ0n) is 56.6. The second-order valence-corrected chi connectivity index (χ2v) is 28.7. The highest BCUT2D eigenvalue weighted by Crippen LogP contribution is 2.45. The van der Waals surface area contributed by atoms with Crippen LogP contribution >= 0.6 is 15.6 Å². The van der Waals surface area contributed by atoms with E-state index in [2.05, 4.69) is 55.4 Å². The minimum absolute atomic E-state index is 0.101. The smallest absolute Gasteiger partial charge is 0.462 e. The summed E-state index contributed by atoms with van der Waals surface area (Å²) in [5, 5.41) is 10.6. The highest BCUT2D eigenvalue weighted by Gasteiger charge is 2.30. The van der Waals surface area contributed by atoms with Gasteiger partial charge in [-0.3, -0.25) is 37.3 Å². The fourth-order valence-electron chi connectivity index (χ4n) is 10.0. The SMILES string of the molecule is CCC(C)CCCCCCCCCCCCCCCCC(=O)OC[C@H](COP(=O)(O)OC[C@@H](O)COP(=O)(O)OC[C@@H](COC(=O)CCCCCCCCC(C)CC)OC(=O)CCCCCCCCC(C)C)OC(=O)CCCCCCCCC(C)CC. The van der Waals surface area contributed by atoms with Crippen molar-refractivity contribution in [3.63, 3.8) is 0 Å². The third kappa shape index (κ3) is 58.9. The molecule has 0 saturated carbocycles. The molecule has 0 bridgehead atoms. The van der Waals surface area contributed by atoms with E-state index in [9.17, 15) is 43.2 Å². The lowest BCUT2D eigenvalue weighted by molar-refractivity contribution is -0.161. The van der Waals surface area contributed by atoms with E-state index >= 15 is 0 Å². The Morgan fingerprint density at radius 3 is 0.816 bits per heavy atom. The molecule has 3 N–H and O–H groups in total. The standard InChI is InChI=1S/C68H132O17P2/c1-9-59(6)45-37-29-20-18-16-14-12-13-15-17-19-21-32-40-48-65(70)78-54-63(85-68(73)51-43-35-27-24-31-39-47-61(8)11-3)56-82-86(74,75)80-52-62(69)53-81-87(76,77)83-57-64(84-67(72)50-42-34-25-22-28-36-44-58(4)5)55-79-66(71)49-41-33-26-23-30-38-46-60(7)10-2/h58-64,69H,9-57H2,1-8H3,(H,74,75)(H,76,77)/t59?,60?,61?,62-,63-,64-/m1/s1. The number of esters is 4. The zero-order chi connectivity index (χ0) is 64.7. The van der Waals surface area contributed by atoms with Crippen LogP contribution in [0, 0.1) is 23.7 Å². The molecule has 8 atom stereocenters. The lowest BCUT2D eigenvalue weighted by Crippen LogP contribution is -2.30. The van der Waals surface area contributed by atoms with E-state index in [0.717, 1.165) is 114 Å². The summed E-state index contributed by atoms with van der Waals surface area (Å²) in [4.78, 5) is 72.3. The normalized spacial score (nSPS) is 15.3. The minimum Gasteiger partial charge on any atom is -0.462 e. The van der Waals surface area contributed by atoms with Gasteiger partial charge in [-0.2, -0.15) is 0 Å². The number of unbranched alkanes of at least 4 members (excludes halogenated alkanes) is 28. The maximum Gasteiger partial charge on any atom is 0.472 e. The van der Waals surface area contributed by atoms with E-state index in [0.29, 0.717) is 31.6 Å². The topological polar surface area (TPSA) is 237 Å². The van der Waals surface area contributed by atoms with E-state index in [-0.39, 0.29) is 25.7 Å². The van der Waals surface area contributed by atoms with Gasteiger partial charge in [-0.1, -0.05) is 280 Å². The fourth-order valence-corrected chi connectivity index (χ4v) is 11.6. The van der Waals surface area contributed by atoms with Crippen LogP contribution < -0.4 is 0 Å². The second kappa shape index (κ2) is 57.9. The molecule has 0 aromatic rings. The Labute approximate surface area is 530 Å². The van der Waals surface area contributed by atoms with Crippen molar-refractivity contribution in [3.05, 3.63) is 0 Å². The van der Waals surface area contributed by atoms with E-state index in [4.69, 9.17) is 37.0 Å². The molecule has 0 saturated heterocycles. The number of hydrogen-bond acceptors (Lipinski definition) is 15. The molecule has 19 heteroatoms. The Kier molecular flexibility index (Phi) is 56.6. The van der Waals surface area contributed by atoms with Crippen LogP contribution in [0.2, 0.25) is 0 Å². The van der Waals surface area contributed by atoms with Crippen molar-refractivity contribution < 1.29 is 80.2 Å². The lowest BCUT2D eigenvalue weighted by atomic mass is 9.99. The molecule has 0 aliphatic carbocycles. The number of carbonyl (C=O) groups is 4. The number of hydrogen-bond donors (Lipinski definition) is 3. The highest BCUT2D eigenvalue weighted by atomic mass is 31.2. The Bertz CT molecular complexity index is 1740. The first-order valence-electron chi connectivity index (χ1n) is 35.3. The molecule has 0 aromatic heterocycles. The first-order valence-corrected chi connectivity index (χ1v) is 38.3. The molecule has 17 nitrogen and oxygen atoms in total. The first kappa shape index (κ1) is 85.1. The summed E-state index contributed by atoms with van der Waals surface area (Å²) in [5.41, 5.74) is 0. The van der Waals surface area contributed by atoms with Gasteiger partial charge in [0.05, 0.1) is 26.4 Å². The number of carbonyl (C=O) groups excluding carboxylic acids is 4. The molecule has 0 rings (SSSR count). The van der Waals surface area contributed by atoms with Gasteiger partial charge in [-0.25, -0.2) is 9.13 Å². The van der Waals surface area contributed by atoms with Crippen LogP contribution in [0.15, 0.2) is 0 Å². The Morgan fingerprint density at radius 1 is 0.322 bits per heavy atom. The maximum absolute atomic E-state index is 13.0. The minimum atomic E-state index is -4.95. The Balaban J connectivity index is 5.18. The molecule has 0 aromatic carbocycles. The van der Waals surface area contributed by atoms with Gasteiger partial charge in [0.2, 0.25) is 0 Å². The number of phosphoric acid groups is 2. The number of aliphatic hydroxyl groups excluding tert-OH is 1. The van der Waals surface area contributed by atoms with E-state index in [1.54, 1.807) is 0 Å². The third-order valence-electron chi connectivity index (χ3n) is 16.7. The van der Waals surface area contributed by atoms with Crippen molar-refractivity contribution in [1.82, 2.24) is 0 Å². The number of aliphatic hydroxyl groups is 1. The van der Waals surface area contributed by atoms with Crippen molar-refractivity contribution in [2.45, 2.75) is 350 Å². The molecular formula is C68H132O17P2. The molecule has 0 heterocycles. The zero-order valence-corrected chi connectivity index (χ0v) is 58.4. The summed E-state index contributed by atoms with van der Waals surface area (Å²) >= 11 is 0. The molecule has 516 valence electrons. The van der Waals surface area contributed by atoms with Gasteiger partial charge in [-0.05, 0) is 49.4 Å². The first-order chi connectivity index (χ1) is 41.7. The van der Waals surface area contributed by atoms with Gasteiger partial charge in [0.1, 0.15) is 19.3 Å².